The molecule has 0 aliphatic rings. The van der Waals surface area contributed by atoms with Crippen LogP contribution in [-0.2, 0) is 54.5 Å². The first-order valence-corrected chi connectivity index (χ1v) is 30.7. The summed E-state index contributed by atoms with van der Waals surface area (Å²) in [4.78, 5) is 0. The molecule has 440 valence electrons. The van der Waals surface area contributed by atoms with Crippen molar-refractivity contribution in [3.63, 3.8) is 0 Å². The van der Waals surface area contributed by atoms with Crippen LogP contribution in [0.2, 0.25) is 0 Å². The summed E-state index contributed by atoms with van der Waals surface area (Å²) >= 11 is 0. The van der Waals surface area contributed by atoms with Gasteiger partial charge in [0.2, 0.25) is 28.5 Å². The SMILES string of the molecule is CCc1ccc(-c2cccc[n+]2C)c(C)c1.Cc1cc(C(C)C)ccc1-c1cccc[n+]1C.Cc1cc(CC(C)(C)C)ccc1-c1cccc[n+]1C.Cc1cc(CC(C)C)ccc1-c1cccc[n+]1C.Cc1ccc(-c2cccc[n+]2C)c(C)c1. The topological polar surface area (TPSA) is 19.4 Å². The number of hydrogen-bond acceptors (Lipinski definition) is 0. The van der Waals surface area contributed by atoms with Gasteiger partial charge in [0.25, 0.3) is 0 Å². The van der Waals surface area contributed by atoms with Gasteiger partial charge in [0.15, 0.2) is 31.0 Å². The van der Waals surface area contributed by atoms with E-state index in [4.69, 9.17) is 0 Å². The molecule has 0 atom stereocenters. The number of aromatic nitrogens is 5. The zero-order valence-electron chi connectivity index (χ0n) is 55.2. The van der Waals surface area contributed by atoms with Crippen LogP contribution in [0.25, 0.3) is 56.3 Å². The second-order valence-electron chi connectivity index (χ2n) is 25.2. The maximum absolute atomic E-state index is 2.33. The third-order valence-corrected chi connectivity index (χ3v) is 15.6. The average molecular weight is 1130 g/mol. The molecule has 5 heteroatoms. The molecular formula is C80H100N5+5. The normalized spacial score (nSPS) is 10.9. The van der Waals surface area contributed by atoms with Crippen molar-refractivity contribution in [3.8, 4) is 56.3 Å². The van der Waals surface area contributed by atoms with Gasteiger partial charge in [-0.15, -0.1) is 0 Å². The molecule has 10 rings (SSSR count). The van der Waals surface area contributed by atoms with E-state index in [1.807, 2.05) is 6.07 Å². The van der Waals surface area contributed by atoms with E-state index in [0.29, 0.717) is 17.3 Å². The molecule has 0 aliphatic carbocycles. The minimum atomic E-state index is 0.339. The number of aryl methyl sites for hydroxylation is 12. The lowest BCUT2D eigenvalue weighted by atomic mass is 9.87. The van der Waals surface area contributed by atoms with Crippen molar-refractivity contribution in [1.82, 2.24) is 0 Å². The molecule has 5 aromatic carbocycles. The van der Waals surface area contributed by atoms with E-state index in [9.17, 15) is 0 Å². The van der Waals surface area contributed by atoms with E-state index in [1.54, 1.807) is 0 Å². The predicted molar refractivity (Wildman–Crippen MR) is 359 cm³/mol. The lowest BCUT2D eigenvalue weighted by Crippen LogP contribution is -2.30. The summed E-state index contributed by atoms with van der Waals surface area (Å²) in [5.74, 6) is 1.30. The van der Waals surface area contributed by atoms with E-state index in [0.717, 1.165) is 19.3 Å². The predicted octanol–water partition coefficient (Wildman–Crippen LogP) is 17.2. The molecule has 5 aromatic heterocycles. The minimum Gasteiger partial charge on any atom is -0.201 e. The summed E-state index contributed by atoms with van der Waals surface area (Å²) in [5.41, 5.74) is 27.0. The second-order valence-corrected chi connectivity index (χ2v) is 25.2. The van der Waals surface area contributed by atoms with Gasteiger partial charge in [-0.05, 0) is 189 Å². The van der Waals surface area contributed by atoms with Gasteiger partial charge in [0.05, 0.1) is 0 Å². The number of benzene rings is 5. The van der Waals surface area contributed by atoms with Crippen LogP contribution in [0.5, 0.6) is 0 Å². The Labute approximate surface area is 513 Å². The van der Waals surface area contributed by atoms with Gasteiger partial charge in [-0.2, -0.15) is 0 Å². The molecule has 10 aromatic rings. The molecule has 5 nitrogen and oxygen atoms in total. The van der Waals surface area contributed by atoms with Crippen LogP contribution in [0.1, 0.15) is 117 Å². The molecule has 0 amide bonds. The summed E-state index contributed by atoms with van der Waals surface area (Å²) < 4.78 is 10.8. The highest BCUT2D eigenvalue weighted by Gasteiger charge is 2.18. The summed E-state index contributed by atoms with van der Waals surface area (Å²) in [5, 5.41) is 0. The highest BCUT2D eigenvalue weighted by Crippen LogP contribution is 2.28. The molecule has 0 radical (unpaired) electrons. The first-order chi connectivity index (χ1) is 40.4. The summed E-state index contributed by atoms with van der Waals surface area (Å²) in [7, 11) is 10.4. The molecular weight excluding hydrogens is 1030 g/mol. The standard InChI is InChI=1S/C18H24N.C17H22N.C16H20N.C15H18N.C14H16N/c1-14-12-15(13-18(2,3)4)9-10-16(14)17-8-6-7-11-19(17)5;1-13(2)11-15-8-9-16(14(3)12-15)17-7-5-6-10-18(17)4;1-12(2)14-8-9-15(13(3)11-14)16-7-5-6-10-17(16)4;1-4-13-8-9-14(12(2)11-13)15-7-5-6-10-16(15)3;1-11-7-8-13(12(2)10-11)14-6-4-5-9-15(14)3/h6-12H,13H2,1-5H3;5-10,12-13H,11H2,1-4H3;5-12H,1-4H3;5-11H,4H2,1-3H3;4-10H,1-3H3/q5*+1. The number of hydrogen-bond donors (Lipinski definition) is 0. The van der Waals surface area contributed by atoms with Crippen LogP contribution in [0, 0.1) is 52.9 Å². The Morgan fingerprint density at radius 3 is 0.953 bits per heavy atom. The van der Waals surface area contributed by atoms with Crippen molar-refractivity contribution in [2.75, 3.05) is 0 Å². The largest absolute Gasteiger partial charge is 0.212 e. The lowest BCUT2D eigenvalue weighted by molar-refractivity contribution is -0.660. The Morgan fingerprint density at radius 1 is 0.341 bits per heavy atom. The van der Waals surface area contributed by atoms with Gasteiger partial charge >= 0.3 is 0 Å². The Balaban J connectivity index is 0.000000171. The van der Waals surface area contributed by atoms with Gasteiger partial charge < -0.3 is 0 Å². The molecule has 0 saturated heterocycles. The monoisotopic (exact) mass is 1130 g/mol. The number of rotatable bonds is 10. The number of pyridine rings is 5. The average Bonchev–Trinajstić information content (AvgIpc) is 3.67. The highest BCUT2D eigenvalue weighted by atomic mass is 14.9. The zero-order chi connectivity index (χ0) is 62.0. The Morgan fingerprint density at radius 2 is 0.647 bits per heavy atom. The first-order valence-electron chi connectivity index (χ1n) is 30.7. The molecule has 0 N–H and O–H groups in total. The Hall–Kier alpha value is -8.15. The smallest absolute Gasteiger partial charge is 0.201 e. The second kappa shape index (κ2) is 31.1. The van der Waals surface area contributed by atoms with Crippen LogP contribution >= 0.6 is 0 Å². The van der Waals surface area contributed by atoms with Crippen LogP contribution in [0.3, 0.4) is 0 Å². The van der Waals surface area contributed by atoms with Crippen molar-refractivity contribution in [1.29, 1.82) is 0 Å². The van der Waals surface area contributed by atoms with E-state index in [2.05, 4.69) is 362 Å². The third kappa shape index (κ3) is 19.2. The molecule has 5 heterocycles. The van der Waals surface area contributed by atoms with Crippen molar-refractivity contribution < 1.29 is 22.8 Å². The fraction of sp³-hybridized carbons (Fsp3) is 0.312. The third-order valence-electron chi connectivity index (χ3n) is 15.6. The molecule has 0 aliphatic heterocycles. The van der Waals surface area contributed by atoms with Crippen molar-refractivity contribution >= 4 is 0 Å². The fourth-order valence-corrected chi connectivity index (χ4v) is 11.0. The quantitative estimate of drug-likeness (QED) is 0.122. The van der Waals surface area contributed by atoms with Gasteiger partial charge in [-0.1, -0.05) is 122 Å². The van der Waals surface area contributed by atoms with Gasteiger partial charge in [-0.3, -0.25) is 0 Å². The molecule has 85 heavy (non-hydrogen) atoms. The van der Waals surface area contributed by atoms with E-state index >= 15 is 0 Å². The van der Waals surface area contributed by atoms with Crippen LogP contribution in [-0.4, -0.2) is 0 Å². The Bertz CT molecular complexity index is 3780. The van der Waals surface area contributed by atoms with Crippen molar-refractivity contribution in [3.05, 3.63) is 269 Å². The zero-order valence-corrected chi connectivity index (χ0v) is 55.2. The summed E-state index contributed by atoms with van der Waals surface area (Å²) in [6, 6.07) is 65.3. The van der Waals surface area contributed by atoms with Crippen LogP contribution in [0.15, 0.2) is 213 Å². The van der Waals surface area contributed by atoms with Crippen LogP contribution in [0.4, 0.5) is 0 Å². The first kappa shape index (κ1) is 66.0. The van der Waals surface area contributed by atoms with Crippen molar-refractivity contribution in [2.45, 2.75) is 122 Å². The molecule has 0 bridgehead atoms. The molecule has 0 fully saturated rings. The highest BCUT2D eigenvalue weighted by molar-refractivity contribution is 5.65. The number of nitrogens with zero attached hydrogens (tertiary/aromatic N) is 5. The maximum Gasteiger partial charge on any atom is 0.212 e. The molecule has 0 spiro atoms. The lowest BCUT2D eigenvalue weighted by Gasteiger charge is -2.18. The maximum atomic E-state index is 2.33. The molecule has 0 unspecified atom stereocenters. The van der Waals surface area contributed by atoms with Crippen molar-refractivity contribution in [2.24, 2.45) is 46.6 Å². The summed E-state index contributed by atoms with van der Waals surface area (Å²) in [6.45, 7) is 31.1. The summed E-state index contributed by atoms with van der Waals surface area (Å²) in [6.07, 6.45) is 13.8. The fourth-order valence-electron chi connectivity index (χ4n) is 11.0. The van der Waals surface area contributed by atoms with E-state index < -0.39 is 0 Å². The Kier molecular flexibility index (Phi) is 24.2. The van der Waals surface area contributed by atoms with E-state index in [-0.39, 0.29) is 0 Å². The van der Waals surface area contributed by atoms with Gasteiger partial charge in [-0.25, -0.2) is 22.8 Å². The van der Waals surface area contributed by atoms with Gasteiger partial charge in [0.1, 0.15) is 35.2 Å². The minimum absolute atomic E-state index is 0.339. The van der Waals surface area contributed by atoms with E-state index in [1.165, 1.54) is 112 Å². The molecule has 0 saturated carbocycles. The van der Waals surface area contributed by atoms with Crippen LogP contribution < -0.4 is 22.8 Å². The van der Waals surface area contributed by atoms with Gasteiger partial charge in [0, 0.05) is 88.5 Å².